The van der Waals surface area contributed by atoms with Gasteiger partial charge < -0.3 is 9.32 Å². The molecule has 0 amide bonds. The first-order chi connectivity index (χ1) is 30.3. The zero-order valence-electron chi connectivity index (χ0n) is 33.4. The van der Waals surface area contributed by atoms with Gasteiger partial charge in [-0.05, 0) is 103 Å². The Morgan fingerprint density at radius 3 is 1.74 bits per heavy atom. The van der Waals surface area contributed by atoms with Gasteiger partial charge in [-0.15, -0.1) is 0 Å². The largest absolute Gasteiger partial charge is 0.454 e. The molecule has 0 bridgehead atoms. The minimum atomic E-state index is -0.526. The van der Waals surface area contributed by atoms with E-state index in [1.807, 2.05) is 6.07 Å². The van der Waals surface area contributed by atoms with E-state index >= 15 is 0 Å². The number of benzene rings is 10. The Labute approximate surface area is 355 Å². The molecule has 0 saturated carbocycles. The van der Waals surface area contributed by atoms with Gasteiger partial charge in [-0.3, -0.25) is 0 Å². The van der Waals surface area contributed by atoms with Crippen molar-refractivity contribution in [2.75, 3.05) is 4.90 Å². The first-order valence-corrected chi connectivity index (χ1v) is 21.0. The summed E-state index contributed by atoms with van der Waals surface area (Å²) in [5, 5.41) is 4.70. The summed E-state index contributed by atoms with van der Waals surface area (Å²) in [5.41, 5.74) is 16.5. The Bertz CT molecular complexity index is 3380. The van der Waals surface area contributed by atoms with Crippen LogP contribution in [-0.2, 0) is 5.41 Å². The summed E-state index contributed by atoms with van der Waals surface area (Å²) in [4.78, 5) is 2.42. The van der Waals surface area contributed by atoms with Crippen molar-refractivity contribution in [2.24, 2.45) is 0 Å². The van der Waals surface area contributed by atoms with E-state index in [0.717, 1.165) is 44.6 Å². The average molecular weight is 778 g/mol. The van der Waals surface area contributed by atoms with Gasteiger partial charge in [0, 0.05) is 22.0 Å². The molecule has 0 spiro atoms. The first-order valence-electron chi connectivity index (χ1n) is 21.0. The molecule has 11 aromatic rings. The zero-order valence-corrected chi connectivity index (χ0v) is 33.4. The van der Waals surface area contributed by atoms with Crippen LogP contribution >= 0.6 is 0 Å². The molecule has 0 fully saturated rings. The summed E-state index contributed by atoms with van der Waals surface area (Å²) in [6.07, 6.45) is 0. The maximum absolute atomic E-state index is 6.81. The standard InChI is InChI=1S/C59H39NO/c1-3-20-46(21-4-1)59(47-22-5-2-6-23-47)52-27-11-9-25-51(52)57-53(59)28-15-29-54(57)60(55-30-14-26-50-49-24-10-12-31-56(49)61-58(50)55)48-36-34-41(35-37-48)43-18-13-19-44(38-43)45-33-32-40-16-7-8-17-42(40)39-45/h1-39H. The lowest BCUT2D eigenvalue weighted by Crippen LogP contribution is -2.28. The second-order valence-electron chi connectivity index (χ2n) is 16.0. The molecule has 0 aliphatic heterocycles. The number of para-hydroxylation sites is 2. The molecule has 0 N–H and O–H groups in total. The molecule has 12 rings (SSSR count). The van der Waals surface area contributed by atoms with Crippen molar-refractivity contribution in [1.29, 1.82) is 0 Å². The Morgan fingerprint density at radius 2 is 0.934 bits per heavy atom. The second-order valence-corrected chi connectivity index (χ2v) is 16.0. The third-order valence-corrected chi connectivity index (χ3v) is 12.7. The lowest BCUT2D eigenvalue weighted by atomic mass is 9.68. The summed E-state index contributed by atoms with van der Waals surface area (Å²) in [7, 11) is 0. The van der Waals surface area contributed by atoms with Gasteiger partial charge in [0.25, 0.3) is 0 Å². The summed E-state index contributed by atoms with van der Waals surface area (Å²) in [6, 6.07) is 86.0. The quantitative estimate of drug-likeness (QED) is 0.160. The van der Waals surface area contributed by atoms with Crippen molar-refractivity contribution >= 4 is 49.8 Å². The van der Waals surface area contributed by atoms with Gasteiger partial charge in [0.1, 0.15) is 5.58 Å². The van der Waals surface area contributed by atoms with Crippen molar-refractivity contribution < 1.29 is 4.42 Å². The van der Waals surface area contributed by atoms with Crippen LogP contribution in [0.2, 0.25) is 0 Å². The van der Waals surface area contributed by atoms with Crippen molar-refractivity contribution in [3.63, 3.8) is 0 Å². The third kappa shape index (κ3) is 5.50. The van der Waals surface area contributed by atoms with Crippen LogP contribution in [-0.4, -0.2) is 0 Å². The predicted molar refractivity (Wildman–Crippen MR) is 254 cm³/mol. The van der Waals surface area contributed by atoms with E-state index in [-0.39, 0.29) is 0 Å². The molecular formula is C59H39NO. The molecule has 10 aromatic carbocycles. The van der Waals surface area contributed by atoms with Gasteiger partial charge in [0.15, 0.2) is 5.58 Å². The van der Waals surface area contributed by atoms with Crippen LogP contribution in [0.3, 0.4) is 0 Å². The number of furan rings is 1. The number of rotatable bonds is 7. The maximum Gasteiger partial charge on any atom is 0.159 e. The maximum atomic E-state index is 6.81. The number of anilines is 3. The van der Waals surface area contributed by atoms with Crippen molar-refractivity contribution in [3.8, 4) is 33.4 Å². The highest BCUT2D eigenvalue weighted by atomic mass is 16.3. The molecule has 1 aliphatic carbocycles. The summed E-state index contributed by atoms with van der Waals surface area (Å²) in [5.74, 6) is 0. The minimum absolute atomic E-state index is 0.526. The van der Waals surface area contributed by atoms with Gasteiger partial charge in [0.2, 0.25) is 0 Å². The van der Waals surface area contributed by atoms with Gasteiger partial charge in [-0.25, -0.2) is 0 Å². The Hall–Kier alpha value is -7.94. The molecule has 1 aromatic heterocycles. The number of hydrogen-bond acceptors (Lipinski definition) is 2. The zero-order chi connectivity index (χ0) is 40.3. The fourth-order valence-corrected chi connectivity index (χ4v) is 10.0. The summed E-state index contributed by atoms with van der Waals surface area (Å²) in [6.45, 7) is 0. The fourth-order valence-electron chi connectivity index (χ4n) is 10.0. The average Bonchev–Trinajstić information content (AvgIpc) is 3.87. The lowest BCUT2D eigenvalue weighted by Gasteiger charge is -2.34. The molecule has 61 heavy (non-hydrogen) atoms. The van der Waals surface area contributed by atoms with Crippen molar-refractivity contribution in [3.05, 3.63) is 259 Å². The highest BCUT2D eigenvalue weighted by Crippen LogP contribution is 2.59. The van der Waals surface area contributed by atoms with Crippen LogP contribution in [0.1, 0.15) is 22.3 Å². The lowest BCUT2D eigenvalue weighted by molar-refractivity contribution is 0.669. The van der Waals surface area contributed by atoms with Crippen LogP contribution in [0, 0.1) is 0 Å². The minimum Gasteiger partial charge on any atom is -0.454 e. The molecule has 0 atom stereocenters. The second kappa shape index (κ2) is 14.1. The number of hydrogen-bond donors (Lipinski definition) is 0. The summed E-state index contributed by atoms with van der Waals surface area (Å²) >= 11 is 0. The summed E-state index contributed by atoms with van der Waals surface area (Å²) < 4.78 is 6.81. The van der Waals surface area contributed by atoms with E-state index in [2.05, 4.69) is 235 Å². The highest BCUT2D eigenvalue weighted by Gasteiger charge is 2.47. The van der Waals surface area contributed by atoms with Gasteiger partial charge in [-0.2, -0.15) is 0 Å². The van der Waals surface area contributed by atoms with Crippen molar-refractivity contribution in [2.45, 2.75) is 5.41 Å². The number of fused-ring (bicyclic) bond motifs is 7. The van der Waals surface area contributed by atoms with E-state index < -0.39 is 5.41 Å². The van der Waals surface area contributed by atoms with Crippen LogP contribution in [0.5, 0.6) is 0 Å². The molecule has 0 unspecified atom stereocenters. The van der Waals surface area contributed by atoms with Crippen LogP contribution in [0.25, 0.3) is 66.1 Å². The highest BCUT2D eigenvalue weighted by molar-refractivity contribution is 6.11. The van der Waals surface area contributed by atoms with E-state index in [1.165, 1.54) is 60.8 Å². The SMILES string of the molecule is c1ccc(C2(c3ccccc3)c3ccccc3-c3c(N(c4ccc(-c5cccc(-c6ccc7ccccc7c6)c5)cc4)c4cccc5c4oc4ccccc45)cccc32)cc1. The fraction of sp³-hybridized carbons (Fsp3) is 0.0169. The number of nitrogens with zero attached hydrogens (tertiary/aromatic N) is 1. The Balaban J connectivity index is 1.07. The van der Waals surface area contributed by atoms with E-state index in [0.29, 0.717) is 0 Å². The Morgan fingerprint density at radius 1 is 0.361 bits per heavy atom. The van der Waals surface area contributed by atoms with E-state index in [9.17, 15) is 0 Å². The van der Waals surface area contributed by atoms with Crippen LogP contribution in [0.4, 0.5) is 17.1 Å². The smallest absolute Gasteiger partial charge is 0.159 e. The van der Waals surface area contributed by atoms with Crippen LogP contribution in [0.15, 0.2) is 241 Å². The van der Waals surface area contributed by atoms with Gasteiger partial charge in [-0.1, -0.05) is 194 Å². The predicted octanol–water partition coefficient (Wildman–Crippen LogP) is 15.9. The molecule has 1 aliphatic rings. The van der Waals surface area contributed by atoms with Crippen LogP contribution < -0.4 is 4.90 Å². The molecular weight excluding hydrogens is 739 g/mol. The third-order valence-electron chi connectivity index (χ3n) is 12.7. The van der Waals surface area contributed by atoms with Gasteiger partial charge >= 0.3 is 0 Å². The van der Waals surface area contributed by atoms with E-state index in [1.54, 1.807) is 0 Å². The van der Waals surface area contributed by atoms with Gasteiger partial charge in [0.05, 0.1) is 16.8 Å². The topological polar surface area (TPSA) is 16.4 Å². The molecule has 1 heterocycles. The Kier molecular flexibility index (Phi) is 8.11. The molecule has 2 nitrogen and oxygen atoms in total. The molecule has 0 radical (unpaired) electrons. The molecule has 286 valence electrons. The van der Waals surface area contributed by atoms with Crippen molar-refractivity contribution in [1.82, 2.24) is 0 Å². The molecule has 2 heteroatoms. The normalized spacial score (nSPS) is 12.7. The monoisotopic (exact) mass is 777 g/mol. The molecule has 0 saturated heterocycles. The van der Waals surface area contributed by atoms with E-state index in [4.69, 9.17) is 4.42 Å². The first kappa shape index (κ1) is 35.0.